The summed E-state index contributed by atoms with van der Waals surface area (Å²) in [6.07, 6.45) is -1.42. The Labute approximate surface area is 95.2 Å². The molecule has 0 aliphatic heterocycles. The van der Waals surface area contributed by atoms with E-state index in [1.165, 1.54) is 6.20 Å². The highest BCUT2D eigenvalue weighted by Crippen LogP contribution is 2.29. The van der Waals surface area contributed by atoms with Crippen LogP contribution in [0.15, 0.2) is 10.7 Å². The van der Waals surface area contributed by atoms with Gasteiger partial charge in [0.15, 0.2) is 0 Å². The van der Waals surface area contributed by atoms with Gasteiger partial charge < -0.3 is 0 Å². The smallest absolute Gasteiger partial charge is 0.253 e. The molecule has 0 aliphatic carbocycles. The quantitative estimate of drug-likeness (QED) is 0.722. The maximum atomic E-state index is 12.3. The van der Waals surface area contributed by atoms with Gasteiger partial charge in [-0.05, 0) is 38.5 Å². The van der Waals surface area contributed by atoms with Crippen molar-refractivity contribution in [3.63, 3.8) is 0 Å². The van der Waals surface area contributed by atoms with E-state index in [9.17, 15) is 8.78 Å². The van der Waals surface area contributed by atoms with Crippen molar-refractivity contribution < 1.29 is 8.78 Å². The van der Waals surface area contributed by atoms with Crippen LogP contribution in [0, 0.1) is 14.9 Å². The lowest BCUT2D eigenvalue weighted by Gasteiger charge is -2.04. The number of halogens is 4. The Hall–Kier alpha value is -0.290. The highest BCUT2D eigenvalue weighted by molar-refractivity contribution is 14.1. The normalized spacial score (nSPS) is 10.2. The number of pyridine rings is 1. The van der Waals surface area contributed by atoms with Crippen molar-refractivity contribution in [1.29, 1.82) is 5.26 Å². The molecule has 0 saturated heterocycles. The molecule has 0 bridgehead atoms. The van der Waals surface area contributed by atoms with Gasteiger partial charge in [-0.2, -0.15) is 5.26 Å². The third kappa shape index (κ3) is 2.14. The molecule has 0 fully saturated rings. The molecule has 0 N–H and O–H groups in total. The van der Waals surface area contributed by atoms with E-state index in [1.807, 2.05) is 22.6 Å². The van der Waals surface area contributed by atoms with Crippen LogP contribution < -0.4 is 0 Å². The van der Waals surface area contributed by atoms with Crippen molar-refractivity contribution in [3.8, 4) is 6.07 Å². The van der Waals surface area contributed by atoms with Gasteiger partial charge >= 0.3 is 0 Å². The maximum absolute atomic E-state index is 12.3. The fourth-order valence-electron chi connectivity index (χ4n) is 0.751. The molecular weight excluding hydrogens is 357 g/mol. The standard InChI is InChI=1S/C7H2BrF2IN2/c8-5-3(1-12)6(7(9)10)13-2-4(5)11/h2,7H. The minimum absolute atomic E-state index is 0.0955. The molecule has 13 heavy (non-hydrogen) atoms. The SMILES string of the molecule is N#Cc1c(C(F)F)ncc(I)c1Br. The van der Waals surface area contributed by atoms with Gasteiger partial charge in [-0.3, -0.25) is 4.98 Å². The fraction of sp³-hybridized carbons (Fsp3) is 0.143. The van der Waals surface area contributed by atoms with Gasteiger partial charge in [0.25, 0.3) is 6.43 Å². The van der Waals surface area contributed by atoms with E-state index in [0.29, 0.717) is 8.04 Å². The lowest BCUT2D eigenvalue weighted by molar-refractivity contribution is 0.145. The summed E-state index contributed by atoms with van der Waals surface area (Å²) < 4.78 is 25.6. The van der Waals surface area contributed by atoms with Crippen LogP contribution in [0.5, 0.6) is 0 Å². The predicted octanol–water partition coefficient (Wildman–Crippen LogP) is 3.26. The van der Waals surface area contributed by atoms with Crippen molar-refractivity contribution in [3.05, 3.63) is 25.5 Å². The van der Waals surface area contributed by atoms with Gasteiger partial charge in [0.1, 0.15) is 11.8 Å². The Morgan fingerprint density at radius 1 is 1.62 bits per heavy atom. The number of aromatic nitrogens is 1. The van der Waals surface area contributed by atoms with Crippen molar-refractivity contribution in [1.82, 2.24) is 4.98 Å². The lowest BCUT2D eigenvalue weighted by atomic mass is 10.2. The number of alkyl halides is 2. The van der Waals surface area contributed by atoms with Crippen LogP contribution in [0.4, 0.5) is 8.78 Å². The summed E-state index contributed by atoms with van der Waals surface area (Å²) >= 11 is 4.96. The summed E-state index contributed by atoms with van der Waals surface area (Å²) in [6.45, 7) is 0. The molecule has 0 spiro atoms. The molecule has 0 saturated carbocycles. The molecule has 1 rings (SSSR count). The van der Waals surface area contributed by atoms with Crippen LogP contribution in [-0.2, 0) is 0 Å². The Bertz CT molecular complexity index is 375. The molecule has 1 aromatic rings. The summed E-state index contributed by atoms with van der Waals surface area (Å²) in [5, 5.41) is 8.62. The number of nitriles is 1. The van der Waals surface area contributed by atoms with Gasteiger partial charge in [0.05, 0.1) is 10.0 Å². The monoisotopic (exact) mass is 358 g/mol. The topological polar surface area (TPSA) is 36.7 Å². The van der Waals surface area contributed by atoms with Crippen molar-refractivity contribution >= 4 is 38.5 Å². The van der Waals surface area contributed by atoms with Crippen LogP contribution in [0.2, 0.25) is 0 Å². The Kier molecular flexibility index (Phi) is 3.55. The third-order valence-electron chi connectivity index (χ3n) is 1.32. The molecule has 68 valence electrons. The maximum Gasteiger partial charge on any atom is 0.281 e. The zero-order chi connectivity index (χ0) is 10.0. The number of hydrogen-bond donors (Lipinski definition) is 0. The Morgan fingerprint density at radius 3 is 2.69 bits per heavy atom. The molecule has 0 unspecified atom stereocenters. The minimum atomic E-state index is -2.72. The van der Waals surface area contributed by atoms with Gasteiger partial charge in [0.2, 0.25) is 0 Å². The van der Waals surface area contributed by atoms with E-state index in [2.05, 4.69) is 20.9 Å². The second-order valence-electron chi connectivity index (χ2n) is 2.09. The van der Waals surface area contributed by atoms with Crippen LogP contribution in [0.1, 0.15) is 17.7 Å². The first-order valence-electron chi connectivity index (χ1n) is 3.10. The second-order valence-corrected chi connectivity index (χ2v) is 4.05. The molecule has 0 amide bonds. The average Bonchev–Trinajstić information content (AvgIpc) is 2.09. The molecule has 0 radical (unpaired) electrons. The van der Waals surface area contributed by atoms with E-state index >= 15 is 0 Å². The zero-order valence-corrected chi connectivity index (χ0v) is 9.80. The van der Waals surface area contributed by atoms with E-state index in [-0.39, 0.29) is 5.56 Å². The fourth-order valence-corrected chi connectivity index (χ4v) is 1.55. The summed E-state index contributed by atoms with van der Waals surface area (Å²) in [5.74, 6) is 0. The molecule has 6 heteroatoms. The van der Waals surface area contributed by atoms with E-state index in [0.717, 1.165) is 0 Å². The predicted molar refractivity (Wildman–Crippen MR) is 54.3 cm³/mol. The van der Waals surface area contributed by atoms with Crippen LogP contribution in [-0.4, -0.2) is 4.98 Å². The Morgan fingerprint density at radius 2 is 2.23 bits per heavy atom. The first-order valence-corrected chi connectivity index (χ1v) is 4.97. The highest BCUT2D eigenvalue weighted by atomic mass is 127. The number of hydrogen-bond acceptors (Lipinski definition) is 2. The molecule has 0 aromatic carbocycles. The van der Waals surface area contributed by atoms with E-state index in [4.69, 9.17) is 5.26 Å². The molecule has 1 aromatic heterocycles. The largest absolute Gasteiger partial charge is 0.281 e. The molecule has 2 nitrogen and oxygen atoms in total. The minimum Gasteiger partial charge on any atom is -0.253 e. The van der Waals surface area contributed by atoms with Crippen molar-refractivity contribution in [2.45, 2.75) is 6.43 Å². The van der Waals surface area contributed by atoms with Crippen molar-refractivity contribution in [2.75, 3.05) is 0 Å². The van der Waals surface area contributed by atoms with E-state index < -0.39 is 12.1 Å². The first-order chi connectivity index (χ1) is 6.07. The average molecular weight is 359 g/mol. The Balaban J connectivity index is 3.41. The molecule has 0 atom stereocenters. The van der Waals surface area contributed by atoms with Crippen LogP contribution >= 0.6 is 38.5 Å². The first kappa shape index (κ1) is 10.8. The van der Waals surface area contributed by atoms with Gasteiger partial charge in [-0.1, -0.05) is 0 Å². The van der Waals surface area contributed by atoms with E-state index in [1.54, 1.807) is 6.07 Å². The summed E-state index contributed by atoms with van der Waals surface area (Å²) in [6, 6.07) is 1.69. The zero-order valence-electron chi connectivity index (χ0n) is 6.06. The number of rotatable bonds is 1. The number of nitrogens with zero attached hydrogens (tertiary/aromatic N) is 2. The van der Waals surface area contributed by atoms with Crippen LogP contribution in [0.25, 0.3) is 0 Å². The third-order valence-corrected chi connectivity index (χ3v) is 3.70. The molecule has 0 aliphatic rings. The summed E-state index contributed by atoms with van der Waals surface area (Å²) in [7, 11) is 0. The second kappa shape index (κ2) is 4.28. The molecule has 1 heterocycles. The van der Waals surface area contributed by atoms with Crippen LogP contribution in [0.3, 0.4) is 0 Å². The molecular formula is C7H2BrF2IN2. The van der Waals surface area contributed by atoms with Gasteiger partial charge in [-0.25, -0.2) is 8.78 Å². The van der Waals surface area contributed by atoms with Gasteiger partial charge in [0, 0.05) is 9.77 Å². The summed E-state index contributed by atoms with van der Waals surface area (Å²) in [5.41, 5.74) is -0.573. The lowest BCUT2D eigenvalue weighted by Crippen LogP contribution is -1.97. The highest BCUT2D eigenvalue weighted by Gasteiger charge is 2.18. The van der Waals surface area contributed by atoms with Crippen molar-refractivity contribution in [2.24, 2.45) is 0 Å². The van der Waals surface area contributed by atoms with Gasteiger partial charge in [-0.15, -0.1) is 0 Å². The summed E-state index contributed by atoms with van der Waals surface area (Å²) in [4.78, 5) is 3.50.